The molecule has 0 fully saturated rings. The molecule has 0 aliphatic carbocycles. The van der Waals surface area contributed by atoms with Gasteiger partial charge in [0.15, 0.2) is 0 Å². The second kappa shape index (κ2) is 8.41. The Bertz CT molecular complexity index is 427. The Kier molecular flexibility index (Phi) is 7.59. The van der Waals surface area contributed by atoms with Crippen molar-refractivity contribution in [1.82, 2.24) is 21.3 Å². The Labute approximate surface area is 132 Å². The molecule has 11 heteroatoms. The van der Waals surface area contributed by atoms with E-state index in [1.807, 2.05) is 0 Å². The van der Waals surface area contributed by atoms with Crippen molar-refractivity contribution < 1.29 is 34.5 Å². The van der Waals surface area contributed by atoms with Gasteiger partial charge in [0, 0.05) is 20.8 Å². The average molecular weight is 334 g/mol. The van der Waals surface area contributed by atoms with Gasteiger partial charge in [0.05, 0.1) is 19.8 Å². The highest BCUT2D eigenvalue weighted by molar-refractivity contribution is 5.97. The number of nitrogens with one attached hydrogen (secondary N) is 4. The Morgan fingerprint density at radius 2 is 1.00 bits per heavy atom. The van der Waals surface area contributed by atoms with Crippen molar-refractivity contribution in [3.63, 3.8) is 0 Å². The van der Waals surface area contributed by atoms with Crippen molar-refractivity contribution in [3.05, 3.63) is 0 Å². The number of amides is 4. The van der Waals surface area contributed by atoms with Gasteiger partial charge in [-0.3, -0.25) is 19.2 Å². The van der Waals surface area contributed by atoms with Crippen molar-refractivity contribution in [3.8, 4) is 0 Å². The van der Waals surface area contributed by atoms with E-state index >= 15 is 0 Å². The third kappa shape index (κ3) is 5.81. The van der Waals surface area contributed by atoms with E-state index in [2.05, 4.69) is 21.3 Å². The predicted molar refractivity (Wildman–Crippen MR) is 76.3 cm³/mol. The van der Waals surface area contributed by atoms with Crippen LogP contribution in [0.4, 0.5) is 0 Å². The van der Waals surface area contributed by atoms with Crippen molar-refractivity contribution in [2.45, 2.75) is 32.1 Å². The third-order valence-electron chi connectivity index (χ3n) is 2.72. The van der Waals surface area contributed by atoms with Crippen LogP contribution in [0.15, 0.2) is 0 Å². The molecule has 132 valence electrons. The summed E-state index contributed by atoms with van der Waals surface area (Å²) >= 11 is 0. The number of rotatable bonds is 8. The van der Waals surface area contributed by atoms with Gasteiger partial charge in [-0.05, 0) is 0 Å². The summed E-state index contributed by atoms with van der Waals surface area (Å²) in [6, 6.07) is 0. The predicted octanol–water partition coefficient (Wildman–Crippen LogP) is -4.12. The molecule has 0 saturated heterocycles. The van der Waals surface area contributed by atoms with Crippen LogP contribution in [0.3, 0.4) is 0 Å². The zero-order chi connectivity index (χ0) is 18.3. The van der Waals surface area contributed by atoms with Crippen molar-refractivity contribution in [2.75, 3.05) is 19.8 Å². The van der Waals surface area contributed by atoms with Crippen molar-refractivity contribution in [1.29, 1.82) is 0 Å². The second-order valence-corrected chi connectivity index (χ2v) is 5.00. The molecule has 0 bridgehead atoms. The molecule has 0 spiro atoms. The minimum absolute atomic E-state index is 0.759. The second-order valence-electron chi connectivity index (χ2n) is 5.00. The van der Waals surface area contributed by atoms with Crippen LogP contribution >= 0.6 is 0 Å². The maximum Gasteiger partial charge on any atom is 0.289 e. The molecular formula is C12H22N4O7. The molecule has 0 saturated carbocycles. The van der Waals surface area contributed by atoms with Crippen molar-refractivity contribution in [2.24, 2.45) is 0 Å². The van der Waals surface area contributed by atoms with E-state index in [1.165, 1.54) is 0 Å². The standard InChI is InChI=1S/C12H22N4O7/c1-7(20)13-12(14-8(2)21,15-9(3)22)10(23)16-11(4-17,5-18)6-19/h17-19H,4-6H2,1-3H3,(H,13,20)(H,14,21)(H,15,22)(H,16,23). The molecule has 23 heavy (non-hydrogen) atoms. The monoisotopic (exact) mass is 334 g/mol. The summed E-state index contributed by atoms with van der Waals surface area (Å²) in [5, 5.41) is 36.1. The van der Waals surface area contributed by atoms with Crippen LogP contribution in [0.1, 0.15) is 20.8 Å². The summed E-state index contributed by atoms with van der Waals surface area (Å²) in [6.45, 7) is 0.640. The molecule has 0 aromatic rings. The fourth-order valence-electron chi connectivity index (χ4n) is 1.66. The highest BCUT2D eigenvalue weighted by atomic mass is 16.3. The number of hydrogen-bond donors (Lipinski definition) is 7. The maximum atomic E-state index is 12.5. The van der Waals surface area contributed by atoms with Gasteiger partial charge >= 0.3 is 0 Å². The lowest BCUT2D eigenvalue weighted by atomic mass is 10.0. The van der Waals surface area contributed by atoms with Crippen LogP contribution in [-0.2, 0) is 19.2 Å². The summed E-state index contributed by atoms with van der Waals surface area (Å²) in [5.74, 6) is -5.80. The van der Waals surface area contributed by atoms with Crippen LogP contribution in [0, 0.1) is 0 Å². The molecule has 0 aliphatic heterocycles. The van der Waals surface area contributed by atoms with Crippen LogP contribution in [-0.4, -0.2) is 70.1 Å². The first-order chi connectivity index (χ1) is 10.6. The van der Waals surface area contributed by atoms with Crippen molar-refractivity contribution >= 4 is 23.6 Å². The topological polar surface area (TPSA) is 177 Å². The van der Waals surface area contributed by atoms with Crippen LogP contribution in [0.2, 0.25) is 0 Å². The van der Waals surface area contributed by atoms with Gasteiger partial charge in [-0.25, -0.2) is 0 Å². The Balaban J connectivity index is 5.77. The zero-order valence-corrected chi connectivity index (χ0v) is 13.1. The van der Waals surface area contributed by atoms with Crippen LogP contribution < -0.4 is 21.3 Å². The summed E-state index contributed by atoms with van der Waals surface area (Å²) in [7, 11) is 0. The lowest BCUT2D eigenvalue weighted by molar-refractivity contribution is -0.145. The minimum Gasteiger partial charge on any atom is -0.394 e. The van der Waals surface area contributed by atoms with Gasteiger partial charge in [-0.2, -0.15) is 0 Å². The summed E-state index contributed by atoms with van der Waals surface area (Å²) < 4.78 is 0. The lowest BCUT2D eigenvalue weighted by Gasteiger charge is -2.37. The molecule has 0 atom stereocenters. The molecule has 7 N–H and O–H groups in total. The van der Waals surface area contributed by atoms with E-state index in [0.717, 1.165) is 20.8 Å². The smallest absolute Gasteiger partial charge is 0.289 e. The summed E-state index contributed by atoms with van der Waals surface area (Å²) in [6.07, 6.45) is 0. The molecule has 0 aromatic carbocycles. The molecule has 0 radical (unpaired) electrons. The molecule has 4 amide bonds. The molecule has 0 unspecified atom stereocenters. The Morgan fingerprint density at radius 1 is 0.696 bits per heavy atom. The van der Waals surface area contributed by atoms with Gasteiger partial charge in [0.2, 0.25) is 17.7 Å². The molecular weight excluding hydrogens is 312 g/mol. The largest absolute Gasteiger partial charge is 0.394 e. The number of carbonyl (C=O) groups excluding carboxylic acids is 4. The molecule has 0 aliphatic rings. The van der Waals surface area contributed by atoms with Crippen LogP contribution in [0.25, 0.3) is 0 Å². The van der Waals surface area contributed by atoms with Crippen LogP contribution in [0.5, 0.6) is 0 Å². The Hall–Kier alpha value is -2.24. The van der Waals surface area contributed by atoms with E-state index in [1.54, 1.807) is 0 Å². The lowest BCUT2D eigenvalue weighted by Crippen LogP contribution is -2.78. The normalized spacial score (nSPS) is 11.4. The van der Waals surface area contributed by atoms with E-state index in [0.29, 0.717) is 0 Å². The van der Waals surface area contributed by atoms with E-state index in [-0.39, 0.29) is 0 Å². The zero-order valence-electron chi connectivity index (χ0n) is 13.1. The maximum absolute atomic E-state index is 12.5. The van der Waals surface area contributed by atoms with Gasteiger partial charge in [-0.1, -0.05) is 0 Å². The SMILES string of the molecule is CC(=O)NC(NC(C)=O)(NC(C)=O)C(=O)NC(CO)(CO)CO. The fraction of sp³-hybridized carbons (Fsp3) is 0.667. The van der Waals surface area contributed by atoms with Gasteiger partial charge in [0.25, 0.3) is 11.7 Å². The molecule has 0 rings (SSSR count). The molecule has 0 aromatic heterocycles. The first-order valence-corrected chi connectivity index (χ1v) is 6.58. The molecule has 11 nitrogen and oxygen atoms in total. The number of hydrogen-bond acceptors (Lipinski definition) is 7. The van der Waals surface area contributed by atoms with Gasteiger partial charge in [0.1, 0.15) is 5.54 Å². The first-order valence-electron chi connectivity index (χ1n) is 6.58. The number of aliphatic hydroxyl groups excluding tert-OH is 3. The van der Waals surface area contributed by atoms with E-state index in [9.17, 15) is 34.5 Å². The van der Waals surface area contributed by atoms with E-state index < -0.39 is 54.8 Å². The third-order valence-corrected chi connectivity index (χ3v) is 2.72. The molecule has 0 heterocycles. The number of aliphatic hydroxyl groups is 3. The Morgan fingerprint density at radius 3 is 1.22 bits per heavy atom. The minimum atomic E-state index is -2.35. The van der Waals surface area contributed by atoms with Gasteiger partial charge < -0.3 is 36.6 Å². The quantitative estimate of drug-likeness (QED) is 0.220. The average Bonchev–Trinajstić information content (AvgIpc) is 2.42. The van der Waals surface area contributed by atoms with Gasteiger partial charge in [-0.15, -0.1) is 0 Å². The highest BCUT2D eigenvalue weighted by Crippen LogP contribution is 2.06. The fourth-order valence-corrected chi connectivity index (χ4v) is 1.66. The number of carbonyl (C=O) groups is 4. The highest BCUT2D eigenvalue weighted by Gasteiger charge is 2.45. The first kappa shape index (κ1) is 20.8. The van der Waals surface area contributed by atoms with E-state index in [4.69, 9.17) is 0 Å². The summed E-state index contributed by atoms with van der Waals surface area (Å²) in [4.78, 5) is 46.6. The summed E-state index contributed by atoms with van der Waals surface area (Å²) in [5.41, 5.74) is -1.82.